The maximum atomic E-state index is 10.5. The van der Waals surface area contributed by atoms with Gasteiger partial charge in [0, 0.05) is 18.9 Å². The van der Waals surface area contributed by atoms with Gasteiger partial charge >= 0.3 is 0 Å². The number of primary amides is 1. The Bertz CT molecular complexity index is 332. The molecule has 1 aromatic rings. The zero-order valence-corrected chi connectivity index (χ0v) is 8.86. The standard InChI is InChI=1S/C8H10BrN3O2/c9-5-3-11-2-1-6(5)12-4-7(13)8(10)14/h1-3,7,13H,4H2,(H2,10,14)(H,11,12). The molecule has 1 atom stereocenters. The normalized spacial score (nSPS) is 12.1. The average Bonchev–Trinajstić information content (AvgIpc) is 2.16. The van der Waals surface area contributed by atoms with E-state index in [2.05, 4.69) is 26.2 Å². The molecule has 1 unspecified atom stereocenters. The van der Waals surface area contributed by atoms with Gasteiger partial charge in [-0.1, -0.05) is 0 Å². The van der Waals surface area contributed by atoms with Crippen LogP contribution in [0, 0.1) is 0 Å². The van der Waals surface area contributed by atoms with E-state index in [1.165, 1.54) is 0 Å². The Hall–Kier alpha value is -1.14. The van der Waals surface area contributed by atoms with Crippen molar-refractivity contribution in [2.24, 2.45) is 5.73 Å². The fourth-order valence-corrected chi connectivity index (χ4v) is 1.22. The Morgan fingerprint density at radius 2 is 2.50 bits per heavy atom. The summed E-state index contributed by atoms with van der Waals surface area (Å²) in [5, 5.41) is 12.0. The van der Waals surface area contributed by atoms with Crippen LogP contribution in [0.25, 0.3) is 0 Å². The van der Waals surface area contributed by atoms with E-state index in [1.54, 1.807) is 18.5 Å². The van der Waals surface area contributed by atoms with Crippen molar-refractivity contribution < 1.29 is 9.90 Å². The van der Waals surface area contributed by atoms with E-state index in [4.69, 9.17) is 10.8 Å². The third kappa shape index (κ3) is 2.97. The average molecular weight is 260 g/mol. The van der Waals surface area contributed by atoms with Crippen molar-refractivity contribution in [1.29, 1.82) is 0 Å². The molecule has 76 valence electrons. The van der Waals surface area contributed by atoms with Gasteiger partial charge in [-0.3, -0.25) is 9.78 Å². The van der Waals surface area contributed by atoms with Crippen molar-refractivity contribution in [1.82, 2.24) is 4.98 Å². The highest BCUT2D eigenvalue weighted by atomic mass is 79.9. The smallest absolute Gasteiger partial charge is 0.248 e. The zero-order chi connectivity index (χ0) is 10.6. The number of anilines is 1. The molecule has 0 aliphatic rings. The maximum Gasteiger partial charge on any atom is 0.248 e. The number of aromatic nitrogens is 1. The van der Waals surface area contributed by atoms with Crippen LogP contribution in [0.3, 0.4) is 0 Å². The highest BCUT2D eigenvalue weighted by molar-refractivity contribution is 9.10. The van der Waals surface area contributed by atoms with Crippen molar-refractivity contribution in [3.05, 3.63) is 22.9 Å². The summed E-state index contributed by atoms with van der Waals surface area (Å²) in [5.41, 5.74) is 5.64. The largest absolute Gasteiger partial charge is 0.381 e. The molecule has 1 heterocycles. The van der Waals surface area contributed by atoms with E-state index < -0.39 is 12.0 Å². The number of carbonyl (C=O) groups is 1. The Morgan fingerprint density at radius 3 is 3.07 bits per heavy atom. The molecule has 0 aliphatic carbocycles. The third-order valence-corrected chi connectivity index (χ3v) is 2.22. The van der Waals surface area contributed by atoms with Crippen molar-refractivity contribution in [3.8, 4) is 0 Å². The SMILES string of the molecule is NC(=O)C(O)CNc1ccncc1Br. The minimum Gasteiger partial charge on any atom is -0.381 e. The fourth-order valence-electron chi connectivity index (χ4n) is 0.826. The van der Waals surface area contributed by atoms with Crippen LogP contribution in [-0.2, 0) is 4.79 Å². The number of aliphatic hydroxyl groups excluding tert-OH is 1. The molecule has 0 spiro atoms. The number of carbonyl (C=O) groups excluding carboxylic acids is 1. The molecule has 6 heteroatoms. The first-order chi connectivity index (χ1) is 6.61. The van der Waals surface area contributed by atoms with Gasteiger partial charge in [0.1, 0.15) is 6.10 Å². The first-order valence-electron chi connectivity index (χ1n) is 3.92. The second kappa shape index (κ2) is 4.92. The van der Waals surface area contributed by atoms with Crippen molar-refractivity contribution in [2.75, 3.05) is 11.9 Å². The van der Waals surface area contributed by atoms with Gasteiger partial charge in [0.25, 0.3) is 0 Å². The molecule has 0 saturated heterocycles. The fraction of sp³-hybridized carbons (Fsp3) is 0.250. The van der Waals surface area contributed by atoms with E-state index >= 15 is 0 Å². The molecule has 1 aromatic heterocycles. The van der Waals surface area contributed by atoms with E-state index in [-0.39, 0.29) is 6.54 Å². The second-order valence-electron chi connectivity index (χ2n) is 2.65. The van der Waals surface area contributed by atoms with Crippen LogP contribution in [-0.4, -0.2) is 28.6 Å². The first kappa shape index (κ1) is 10.9. The Balaban J connectivity index is 2.54. The predicted octanol–water partition coefficient (Wildman–Crippen LogP) is 0.102. The Labute approximate surface area is 89.5 Å². The number of aliphatic hydroxyl groups is 1. The Kier molecular flexibility index (Phi) is 3.84. The molecule has 0 aromatic carbocycles. The molecule has 5 nitrogen and oxygen atoms in total. The lowest BCUT2D eigenvalue weighted by Gasteiger charge is -2.10. The van der Waals surface area contributed by atoms with Crippen LogP contribution in [0.5, 0.6) is 0 Å². The molecule has 0 bridgehead atoms. The van der Waals surface area contributed by atoms with E-state index in [1.807, 2.05) is 0 Å². The van der Waals surface area contributed by atoms with Crippen LogP contribution >= 0.6 is 15.9 Å². The summed E-state index contributed by atoms with van der Waals surface area (Å²) in [5.74, 6) is -0.748. The predicted molar refractivity (Wildman–Crippen MR) is 55.6 cm³/mol. The molecule has 0 fully saturated rings. The van der Waals surface area contributed by atoms with Crippen molar-refractivity contribution in [2.45, 2.75) is 6.10 Å². The molecule has 0 aliphatic heterocycles. The van der Waals surface area contributed by atoms with Crippen LogP contribution in [0.15, 0.2) is 22.9 Å². The minimum absolute atomic E-state index is 0.0813. The second-order valence-corrected chi connectivity index (χ2v) is 3.51. The molecule has 1 amide bonds. The zero-order valence-electron chi connectivity index (χ0n) is 7.27. The number of nitrogens with one attached hydrogen (secondary N) is 1. The van der Waals surface area contributed by atoms with Gasteiger partial charge in [0.15, 0.2) is 0 Å². The molecule has 0 radical (unpaired) electrons. The lowest BCUT2D eigenvalue weighted by atomic mass is 10.3. The van der Waals surface area contributed by atoms with Crippen LogP contribution in [0.4, 0.5) is 5.69 Å². The highest BCUT2D eigenvalue weighted by Crippen LogP contribution is 2.19. The number of pyridine rings is 1. The summed E-state index contributed by atoms with van der Waals surface area (Å²) in [6.07, 6.45) is 2.03. The quantitative estimate of drug-likeness (QED) is 0.716. The van der Waals surface area contributed by atoms with Crippen LogP contribution < -0.4 is 11.1 Å². The number of nitrogens with two attached hydrogens (primary N) is 1. The number of hydrogen-bond acceptors (Lipinski definition) is 4. The number of nitrogens with zero attached hydrogens (tertiary/aromatic N) is 1. The number of rotatable bonds is 4. The van der Waals surface area contributed by atoms with Gasteiger partial charge in [0.2, 0.25) is 5.91 Å². The highest BCUT2D eigenvalue weighted by Gasteiger charge is 2.10. The third-order valence-electron chi connectivity index (χ3n) is 1.59. The van der Waals surface area contributed by atoms with Gasteiger partial charge in [-0.2, -0.15) is 0 Å². The van der Waals surface area contributed by atoms with Crippen LogP contribution in [0.2, 0.25) is 0 Å². The molecule has 4 N–H and O–H groups in total. The summed E-state index contributed by atoms with van der Waals surface area (Å²) in [6, 6.07) is 1.72. The summed E-state index contributed by atoms with van der Waals surface area (Å²) < 4.78 is 0.761. The van der Waals surface area contributed by atoms with Gasteiger partial charge < -0.3 is 16.2 Å². The van der Waals surface area contributed by atoms with Gasteiger partial charge in [-0.05, 0) is 22.0 Å². The van der Waals surface area contributed by atoms with Crippen LogP contribution in [0.1, 0.15) is 0 Å². The summed E-state index contributed by atoms with van der Waals surface area (Å²) in [7, 11) is 0. The number of halogens is 1. The number of amides is 1. The monoisotopic (exact) mass is 259 g/mol. The van der Waals surface area contributed by atoms with Gasteiger partial charge in [-0.25, -0.2) is 0 Å². The number of hydrogen-bond donors (Lipinski definition) is 3. The van der Waals surface area contributed by atoms with Gasteiger partial charge in [-0.15, -0.1) is 0 Å². The van der Waals surface area contributed by atoms with E-state index in [0.717, 1.165) is 10.2 Å². The molecule has 1 rings (SSSR count). The lowest BCUT2D eigenvalue weighted by molar-refractivity contribution is -0.125. The lowest BCUT2D eigenvalue weighted by Crippen LogP contribution is -2.34. The minimum atomic E-state index is -1.19. The molecular formula is C8H10BrN3O2. The molecule has 14 heavy (non-hydrogen) atoms. The van der Waals surface area contributed by atoms with E-state index in [0.29, 0.717) is 0 Å². The Morgan fingerprint density at radius 1 is 1.79 bits per heavy atom. The topological polar surface area (TPSA) is 88.2 Å². The maximum absolute atomic E-state index is 10.5. The first-order valence-corrected chi connectivity index (χ1v) is 4.71. The summed E-state index contributed by atoms with van der Waals surface area (Å²) in [6.45, 7) is 0.0813. The summed E-state index contributed by atoms with van der Waals surface area (Å²) in [4.78, 5) is 14.4. The summed E-state index contributed by atoms with van der Waals surface area (Å²) >= 11 is 3.26. The van der Waals surface area contributed by atoms with Gasteiger partial charge in [0.05, 0.1) is 10.2 Å². The van der Waals surface area contributed by atoms with Crippen molar-refractivity contribution >= 4 is 27.5 Å². The molecular weight excluding hydrogens is 250 g/mol. The molecule has 0 saturated carbocycles. The van der Waals surface area contributed by atoms with E-state index in [9.17, 15) is 4.79 Å². The van der Waals surface area contributed by atoms with Crippen molar-refractivity contribution in [3.63, 3.8) is 0 Å².